The van der Waals surface area contributed by atoms with Gasteiger partial charge in [-0.05, 0) is 23.5 Å². The van der Waals surface area contributed by atoms with Gasteiger partial charge in [-0.1, -0.05) is 38.1 Å². The van der Waals surface area contributed by atoms with Gasteiger partial charge in [0.15, 0.2) is 0 Å². The molecule has 1 atom stereocenters. The molecule has 0 aliphatic heterocycles. The number of rotatable bonds is 5. The van der Waals surface area contributed by atoms with Gasteiger partial charge in [-0.25, -0.2) is 0 Å². The highest BCUT2D eigenvalue weighted by Gasteiger charge is 2.08. The fraction of sp³-hybridized carbons (Fsp3) is 0.462. The Morgan fingerprint density at radius 3 is 2.12 bits per heavy atom. The lowest BCUT2D eigenvalue weighted by Gasteiger charge is -2.12. The highest BCUT2D eigenvalue weighted by Crippen LogP contribution is 2.19. The largest absolute Gasteiger partial charge is 0.370 e. The number of hydrogen-bond donors (Lipinski definition) is 2. The molecule has 0 saturated carbocycles. The van der Waals surface area contributed by atoms with E-state index in [1.54, 1.807) is 0 Å². The van der Waals surface area contributed by atoms with Crippen LogP contribution < -0.4 is 11.5 Å². The van der Waals surface area contributed by atoms with E-state index in [-0.39, 0.29) is 11.9 Å². The van der Waals surface area contributed by atoms with Crippen LogP contribution in [-0.2, 0) is 4.79 Å². The number of carbonyl (C=O) groups excluding carboxylic acids is 1. The molecule has 0 bridgehead atoms. The predicted molar refractivity (Wildman–Crippen MR) is 65.9 cm³/mol. The summed E-state index contributed by atoms with van der Waals surface area (Å²) in [5.74, 6) is 0.227. The first kappa shape index (κ1) is 12.7. The summed E-state index contributed by atoms with van der Waals surface area (Å²) in [6, 6.07) is 8.13. The van der Waals surface area contributed by atoms with Gasteiger partial charge in [-0.3, -0.25) is 4.79 Å². The molecule has 1 aromatic rings. The second-order valence-corrected chi connectivity index (χ2v) is 4.43. The second kappa shape index (κ2) is 5.66. The van der Waals surface area contributed by atoms with E-state index in [1.165, 1.54) is 5.56 Å². The average molecular weight is 220 g/mol. The molecular weight excluding hydrogens is 200 g/mol. The van der Waals surface area contributed by atoms with Crippen molar-refractivity contribution in [1.29, 1.82) is 0 Å². The first-order valence-corrected chi connectivity index (χ1v) is 5.64. The van der Waals surface area contributed by atoms with Crippen molar-refractivity contribution in [2.45, 2.75) is 38.6 Å². The molecule has 1 aromatic carbocycles. The van der Waals surface area contributed by atoms with Crippen molar-refractivity contribution in [1.82, 2.24) is 0 Å². The van der Waals surface area contributed by atoms with Gasteiger partial charge >= 0.3 is 0 Å². The highest BCUT2D eigenvalue weighted by atomic mass is 16.1. The van der Waals surface area contributed by atoms with E-state index in [0.717, 1.165) is 5.56 Å². The van der Waals surface area contributed by atoms with Crippen molar-refractivity contribution in [3.63, 3.8) is 0 Å². The Hall–Kier alpha value is -1.35. The molecule has 3 heteroatoms. The van der Waals surface area contributed by atoms with Crippen LogP contribution in [0.5, 0.6) is 0 Å². The molecule has 0 aliphatic carbocycles. The zero-order chi connectivity index (χ0) is 12.1. The minimum absolute atomic E-state index is 0.103. The molecule has 0 spiro atoms. The fourth-order valence-corrected chi connectivity index (χ4v) is 1.59. The summed E-state index contributed by atoms with van der Waals surface area (Å²) >= 11 is 0. The monoisotopic (exact) mass is 220 g/mol. The molecule has 88 valence electrons. The van der Waals surface area contributed by atoms with E-state index < -0.39 is 0 Å². The van der Waals surface area contributed by atoms with Crippen molar-refractivity contribution >= 4 is 5.91 Å². The molecule has 1 amide bonds. The smallest absolute Gasteiger partial charge is 0.217 e. The summed E-state index contributed by atoms with van der Waals surface area (Å²) in [6.45, 7) is 4.31. The Kier molecular flexibility index (Phi) is 4.50. The van der Waals surface area contributed by atoms with Gasteiger partial charge < -0.3 is 11.5 Å². The Balaban J connectivity index is 2.62. The van der Waals surface area contributed by atoms with Crippen LogP contribution >= 0.6 is 0 Å². The van der Waals surface area contributed by atoms with Crippen molar-refractivity contribution < 1.29 is 4.79 Å². The minimum Gasteiger partial charge on any atom is -0.370 e. The zero-order valence-electron chi connectivity index (χ0n) is 9.94. The lowest BCUT2D eigenvalue weighted by molar-refractivity contribution is -0.118. The van der Waals surface area contributed by atoms with Gasteiger partial charge in [0.1, 0.15) is 0 Å². The predicted octanol–water partition coefficient (Wildman–Crippen LogP) is 2.08. The highest BCUT2D eigenvalue weighted by molar-refractivity contribution is 5.73. The van der Waals surface area contributed by atoms with E-state index in [2.05, 4.69) is 26.0 Å². The molecule has 0 aliphatic rings. The molecule has 3 nitrogen and oxygen atoms in total. The third kappa shape index (κ3) is 3.66. The number of carbonyl (C=O) groups is 1. The van der Waals surface area contributed by atoms with Crippen LogP contribution in [0.25, 0.3) is 0 Å². The second-order valence-electron chi connectivity index (χ2n) is 4.43. The summed E-state index contributed by atoms with van der Waals surface area (Å²) in [4.78, 5) is 10.6. The lowest BCUT2D eigenvalue weighted by atomic mass is 9.97. The number of nitrogens with two attached hydrogens (primary N) is 2. The Labute approximate surface area is 96.8 Å². The molecule has 0 fully saturated rings. The number of benzene rings is 1. The standard InChI is InChI=1S/C13H20N2O/c1-9(2)10-3-5-11(6-4-10)12(14)7-8-13(15)16/h3-6,9,12H,7-8,14H2,1-2H3,(H2,15,16). The summed E-state index contributed by atoms with van der Waals surface area (Å²) in [5, 5.41) is 0. The summed E-state index contributed by atoms with van der Waals surface area (Å²) in [5.41, 5.74) is 13.4. The van der Waals surface area contributed by atoms with Crippen LogP contribution in [-0.4, -0.2) is 5.91 Å². The maximum Gasteiger partial charge on any atom is 0.217 e. The number of hydrogen-bond acceptors (Lipinski definition) is 2. The quantitative estimate of drug-likeness (QED) is 0.797. The van der Waals surface area contributed by atoms with Crippen LogP contribution in [0.4, 0.5) is 0 Å². The van der Waals surface area contributed by atoms with Crippen molar-refractivity contribution in [2.75, 3.05) is 0 Å². The maximum absolute atomic E-state index is 10.6. The summed E-state index contributed by atoms with van der Waals surface area (Å²) < 4.78 is 0. The Bertz CT molecular complexity index is 343. The van der Waals surface area contributed by atoms with Gasteiger partial charge in [-0.2, -0.15) is 0 Å². The minimum atomic E-state index is -0.297. The topological polar surface area (TPSA) is 69.1 Å². The van der Waals surface area contributed by atoms with Crippen LogP contribution in [0.3, 0.4) is 0 Å². The van der Waals surface area contributed by atoms with E-state index in [9.17, 15) is 4.79 Å². The average Bonchev–Trinajstić information content (AvgIpc) is 2.26. The molecule has 0 heterocycles. The van der Waals surface area contributed by atoms with E-state index in [4.69, 9.17) is 11.5 Å². The third-order valence-electron chi connectivity index (χ3n) is 2.73. The molecule has 4 N–H and O–H groups in total. The van der Waals surface area contributed by atoms with Gasteiger partial charge in [-0.15, -0.1) is 0 Å². The van der Waals surface area contributed by atoms with Crippen molar-refractivity contribution in [2.24, 2.45) is 11.5 Å². The first-order valence-electron chi connectivity index (χ1n) is 5.64. The van der Waals surface area contributed by atoms with E-state index in [1.807, 2.05) is 12.1 Å². The SMILES string of the molecule is CC(C)c1ccc(C(N)CCC(N)=O)cc1. The molecule has 16 heavy (non-hydrogen) atoms. The van der Waals surface area contributed by atoms with Crippen LogP contribution in [0.2, 0.25) is 0 Å². The molecule has 1 unspecified atom stereocenters. The van der Waals surface area contributed by atoms with Gasteiger partial charge in [0, 0.05) is 12.5 Å². The van der Waals surface area contributed by atoms with E-state index >= 15 is 0 Å². The van der Waals surface area contributed by atoms with Crippen LogP contribution in [0.15, 0.2) is 24.3 Å². The molecular formula is C13H20N2O. The lowest BCUT2D eigenvalue weighted by Crippen LogP contribution is -2.16. The first-order chi connectivity index (χ1) is 7.50. The molecule has 0 radical (unpaired) electrons. The molecule has 0 aromatic heterocycles. The van der Waals surface area contributed by atoms with Crippen LogP contribution in [0.1, 0.15) is 49.8 Å². The third-order valence-corrected chi connectivity index (χ3v) is 2.73. The number of primary amides is 1. The molecule has 0 saturated heterocycles. The van der Waals surface area contributed by atoms with Crippen molar-refractivity contribution in [3.8, 4) is 0 Å². The van der Waals surface area contributed by atoms with E-state index in [0.29, 0.717) is 18.8 Å². The van der Waals surface area contributed by atoms with Gasteiger partial charge in [0.05, 0.1) is 0 Å². The summed E-state index contributed by atoms with van der Waals surface area (Å²) in [7, 11) is 0. The zero-order valence-corrected chi connectivity index (χ0v) is 9.94. The number of amides is 1. The maximum atomic E-state index is 10.6. The summed E-state index contributed by atoms with van der Waals surface area (Å²) in [6.07, 6.45) is 0.948. The van der Waals surface area contributed by atoms with Gasteiger partial charge in [0.2, 0.25) is 5.91 Å². The normalized spacial score (nSPS) is 12.8. The van der Waals surface area contributed by atoms with Crippen molar-refractivity contribution in [3.05, 3.63) is 35.4 Å². The fourth-order valence-electron chi connectivity index (χ4n) is 1.59. The molecule has 1 rings (SSSR count). The Morgan fingerprint density at radius 2 is 1.69 bits per heavy atom. The van der Waals surface area contributed by atoms with Crippen LogP contribution in [0, 0.1) is 0 Å². The Morgan fingerprint density at radius 1 is 1.19 bits per heavy atom. The van der Waals surface area contributed by atoms with Gasteiger partial charge in [0.25, 0.3) is 0 Å².